The van der Waals surface area contributed by atoms with Crippen molar-refractivity contribution in [3.8, 4) is 0 Å². The number of hydrogen-bond donors (Lipinski definition) is 2. The first kappa shape index (κ1) is 20.3. The molecule has 1 aliphatic heterocycles. The number of nitrogens with zero attached hydrogens (tertiary/aromatic N) is 1. The number of carbonyl (C=O) groups is 4. The molecule has 2 unspecified atom stereocenters. The van der Waals surface area contributed by atoms with Crippen LogP contribution in [-0.4, -0.2) is 61.7 Å². The molecule has 8 nitrogen and oxygen atoms in total. The molecule has 1 heterocycles. The number of esters is 1. The molecule has 0 aromatic heterocycles. The van der Waals surface area contributed by atoms with E-state index in [0.717, 1.165) is 11.8 Å². The first-order valence-electron chi connectivity index (χ1n) is 7.75. The molecule has 0 radical (unpaired) electrons. The van der Waals surface area contributed by atoms with Crippen LogP contribution in [0.2, 0.25) is 0 Å². The van der Waals surface area contributed by atoms with Crippen molar-refractivity contribution in [1.29, 1.82) is 0 Å². The molecule has 0 bridgehead atoms. The van der Waals surface area contributed by atoms with Crippen LogP contribution in [0.4, 0.5) is 0 Å². The van der Waals surface area contributed by atoms with Crippen LogP contribution in [0.3, 0.4) is 0 Å². The maximum absolute atomic E-state index is 12.1. The van der Waals surface area contributed by atoms with E-state index in [2.05, 4.69) is 0 Å². The zero-order chi connectivity index (χ0) is 18.5. The van der Waals surface area contributed by atoms with Crippen LogP contribution >= 0.6 is 11.8 Å². The minimum atomic E-state index is -1.59. The van der Waals surface area contributed by atoms with Gasteiger partial charge >= 0.3 is 17.9 Å². The van der Waals surface area contributed by atoms with Gasteiger partial charge in [-0.05, 0) is 19.8 Å². The summed E-state index contributed by atoms with van der Waals surface area (Å²) in [6.07, 6.45) is 0.125. The van der Waals surface area contributed by atoms with E-state index in [4.69, 9.17) is 4.74 Å². The van der Waals surface area contributed by atoms with Crippen LogP contribution in [0.1, 0.15) is 46.5 Å². The summed E-state index contributed by atoms with van der Waals surface area (Å²) in [4.78, 5) is 46.2. The fraction of sp³-hybridized carbons (Fsp3) is 0.733. The van der Waals surface area contributed by atoms with Crippen molar-refractivity contribution in [3.05, 3.63) is 0 Å². The number of carbonyl (C=O) groups excluding carboxylic acids is 2. The predicted octanol–water partition coefficient (Wildman–Crippen LogP) is 1.33. The molecule has 1 rings (SSSR count). The van der Waals surface area contributed by atoms with Gasteiger partial charge in [-0.3, -0.25) is 14.4 Å². The molecule has 3 atom stereocenters. The Morgan fingerprint density at radius 2 is 1.92 bits per heavy atom. The van der Waals surface area contributed by atoms with Gasteiger partial charge in [0, 0.05) is 26.3 Å². The summed E-state index contributed by atoms with van der Waals surface area (Å²) < 4.78 is 4.94. The normalized spacial score (nSPS) is 22.7. The third kappa shape index (κ3) is 4.62. The summed E-state index contributed by atoms with van der Waals surface area (Å²) in [5.74, 6) is -3.28. The zero-order valence-corrected chi connectivity index (χ0v) is 14.8. The van der Waals surface area contributed by atoms with E-state index in [1.807, 2.05) is 0 Å². The highest BCUT2D eigenvalue weighted by Gasteiger charge is 2.52. The number of hydrogen-bond acceptors (Lipinski definition) is 6. The Morgan fingerprint density at radius 3 is 2.38 bits per heavy atom. The molecule has 1 fully saturated rings. The second-order valence-corrected chi connectivity index (χ2v) is 7.17. The van der Waals surface area contributed by atoms with Gasteiger partial charge in [-0.1, -0.05) is 6.92 Å². The van der Waals surface area contributed by atoms with Gasteiger partial charge in [0.05, 0.1) is 0 Å². The Labute approximate surface area is 144 Å². The molecule has 24 heavy (non-hydrogen) atoms. The van der Waals surface area contributed by atoms with Crippen molar-refractivity contribution >= 4 is 35.6 Å². The maximum atomic E-state index is 12.1. The number of carboxylic acids is 2. The standard InChI is InChI=1S/C15H23NO7S/c1-4-12(18)16-7-5-6-15(16,14(21)22)24-11(13(19)20)8-9(2)23-10(3)17/h9,11H,4-8H2,1-3H3,(H,19,20)(H,21,22)/t9?,11?,15-/m1/s1. The molecule has 1 aliphatic rings. The molecular weight excluding hydrogens is 338 g/mol. The second-order valence-electron chi connectivity index (χ2n) is 5.69. The average molecular weight is 361 g/mol. The van der Waals surface area contributed by atoms with Crippen molar-refractivity contribution in [1.82, 2.24) is 4.90 Å². The molecule has 0 aromatic rings. The van der Waals surface area contributed by atoms with Gasteiger partial charge in [0.1, 0.15) is 11.4 Å². The number of carboxylic acid groups (broad SMARTS) is 2. The van der Waals surface area contributed by atoms with E-state index in [9.17, 15) is 29.4 Å². The first-order chi connectivity index (χ1) is 11.1. The van der Waals surface area contributed by atoms with Crippen molar-refractivity contribution in [2.75, 3.05) is 6.54 Å². The van der Waals surface area contributed by atoms with Crippen LogP contribution < -0.4 is 0 Å². The molecular formula is C15H23NO7S. The van der Waals surface area contributed by atoms with Gasteiger partial charge < -0.3 is 19.8 Å². The lowest BCUT2D eigenvalue weighted by Gasteiger charge is -2.36. The van der Waals surface area contributed by atoms with Gasteiger partial charge in [0.15, 0.2) is 4.87 Å². The maximum Gasteiger partial charge on any atom is 0.340 e. The average Bonchev–Trinajstić information content (AvgIpc) is 2.89. The lowest BCUT2D eigenvalue weighted by atomic mass is 10.2. The fourth-order valence-corrected chi connectivity index (χ4v) is 4.39. The van der Waals surface area contributed by atoms with Crippen molar-refractivity contribution in [2.45, 2.75) is 62.7 Å². The number of aliphatic carboxylic acids is 2. The van der Waals surface area contributed by atoms with Crippen molar-refractivity contribution in [3.63, 3.8) is 0 Å². The van der Waals surface area contributed by atoms with Crippen LogP contribution in [0.15, 0.2) is 0 Å². The number of likely N-dealkylation sites (tertiary alicyclic amines) is 1. The highest BCUT2D eigenvalue weighted by molar-refractivity contribution is 8.02. The summed E-state index contributed by atoms with van der Waals surface area (Å²) in [6, 6.07) is 0. The number of ether oxygens (including phenoxy) is 1. The van der Waals surface area contributed by atoms with E-state index in [1.165, 1.54) is 11.8 Å². The summed E-state index contributed by atoms with van der Waals surface area (Å²) in [6.45, 7) is 4.69. The largest absolute Gasteiger partial charge is 0.480 e. The van der Waals surface area contributed by atoms with Crippen molar-refractivity contribution < 1.29 is 34.1 Å². The van der Waals surface area contributed by atoms with E-state index in [-0.39, 0.29) is 31.7 Å². The second kappa shape index (κ2) is 8.36. The van der Waals surface area contributed by atoms with Crippen molar-refractivity contribution in [2.24, 2.45) is 0 Å². The van der Waals surface area contributed by atoms with E-state index in [1.54, 1.807) is 13.8 Å². The first-order valence-corrected chi connectivity index (χ1v) is 8.63. The Kier molecular flexibility index (Phi) is 7.07. The topological polar surface area (TPSA) is 121 Å². The Balaban J connectivity index is 3.02. The van der Waals surface area contributed by atoms with Crippen LogP contribution in [0.25, 0.3) is 0 Å². The number of thioether (sulfide) groups is 1. The molecule has 9 heteroatoms. The molecule has 136 valence electrons. The third-order valence-corrected chi connectivity index (χ3v) is 5.46. The summed E-state index contributed by atoms with van der Waals surface area (Å²) in [7, 11) is 0. The van der Waals surface area contributed by atoms with Gasteiger partial charge in [-0.2, -0.15) is 0 Å². The Hall–Kier alpha value is -1.77. The molecule has 1 saturated heterocycles. The quantitative estimate of drug-likeness (QED) is 0.621. The van der Waals surface area contributed by atoms with Crippen LogP contribution in [0.5, 0.6) is 0 Å². The Bertz CT molecular complexity index is 524. The summed E-state index contributed by atoms with van der Waals surface area (Å²) >= 11 is 0.738. The minimum absolute atomic E-state index is 0.0389. The van der Waals surface area contributed by atoms with E-state index >= 15 is 0 Å². The molecule has 0 saturated carbocycles. The lowest BCUT2D eigenvalue weighted by molar-refractivity contribution is -0.150. The van der Waals surface area contributed by atoms with Crippen LogP contribution in [0, 0.1) is 0 Å². The van der Waals surface area contributed by atoms with Gasteiger partial charge in [-0.15, -0.1) is 11.8 Å². The lowest BCUT2D eigenvalue weighted by Crippen LogP contribution is -2.52. The summed E-state index contributed by atoms with van der Waals surface area (Å²) in [5.41, 5.74) is 0. The highest BCUT2D eigenvalue weighted by atomic mass is 32.2. The van der Waals surface area contributed by atoms with Crippen LogP contribution in [-0.2, 0) is 23.9 Å². The molecule has 0 spiro atoms. The molecule has 1 amide bonds. The molecule has 0 aromatic carbocycles. The Morgan fingerprint density at radius 1 is 1.29 bits per heavy atom. The van der Waals surface area contributed by atoms with Gasteiger partial charge in [0.2, 0.25) is 5.91 Å². The van der Waals surface area contributed by atoms with E-state index in [0.29, 0.717) is 6.42 Å². The predicted molar refractivity (Wildman–Crippen MR) is 86.5 cm³/mol. The van der Waals surface area contributed by atoms with Gasteiger partial charge in [-0.25, -0.2) is 4.79 Å². The van der Waals surface area contributed by atoms with E-state index < -0.39 is 34.1 Å². The molecule has 2 N–H and O–H groups in total. The summed E-state index contributed by atoms with van der Waals surface area (Å²) in [5, 5.41) is 18.0. The highest BCUT2D eigenvalue weighted by Crippen LogP contribution is 2.43. The fourth-order valence-electron chi connectivity index (χ4n) is 2.77. The molecule has 0 aliphatic carbocycles. The zero-order valence-electron chi connectivity index (χ0n) is 14.0. The monoisotopic (exact) mass is 361 g/mol. The smallest absolute Gasteiger partial charge is 0.340 e. The number of amides is 1. The minimum Gasteiger partial charge on any atom is -0.480 e. The third-order valence-electron chi connectivity index (χ3n) is 3.80. The number of rotatable bonds is 8. The van der Waals surface area contributed by atoms with Gasteiger partial charge in [0.25, 0.3) is 0 Å². The SMILES string of the molecule is CCC(=O)N1CCC[C@@]1(SC(CC(C)OC(C)=O)C(=O)O)C(=O)O.